The average molecular weight is 423 g/mol. The standard InChI is InChI=1S/C19H22FN3O5S/c1-13-3-4-15(11-17(13)20)14(2)21-18-6-5-16(12-19(18)23(24)25)29(26,27)22-7-9-28-10-8-22/h3-6,11-12,14,21H,7-10H2,1-2H3. The van der Waals surface area contributed by atoms with Crippen molar-refractivity contribution in [3.05, 3.63) is 63.5 Å². The maximum atomic E-state index is 13.8. The SMILES string of the molecule is Cc1ccc(C(C)Nc2ccc(S(=O)(=O)N3CCOCC3)cc2[N+](=O)[O-])cc1F. The predicted molar refractivity (Wildman–Crippen MR) is 106 cm³/mol. The van der Waals surface area contributed by atoms with Gasteiger partial charge in [0, 0.05) is 25.2 Å². The number of nitrogens with one attached hydrogen (secondary N) is 1. The van der Waals surface area contributed by atoms with Gasteiger partial charge in [-0.1, -0.05) is 12.1 Å². The molecule has 8 nitrogen and oxygen atoms in total. The number of sulfonamides is 1. The number of halogens is 1. The van der Waals surface area contributed by atoms with Gasteiger partial charge in [0.05, 0.1) is 23.0 Å². The first-order chi connectivity index (χ1) is 13.7. The number of benzene rings is 2. The lowest BCUT2D eigenvalue weighted by molar-refractivity contribution is -0.384. The van der Waals surface area contributed by atoms with Gasteiger partial charge in [0.2, 0.25) is 10.0 Å². The van der Waals surface area contributed by atoms with Crippen molar-refractivity contribution >= 4 is 21.4 Å². The number of nitro groups is 1. The number of hydrogen-bond donors (Lipinski definition) is 1. The third kappa shape index (κ3) is 4.55. The van der Waals surface area contributed by atoms with E-state index < -0.39 is 21.0 Å². The zero-order valence-electron chi connectivity index (χ0n) is 16.1. The summed E-state index contributed by atoms with van der Waals surface area (Å²) in [7, 11) is -3.85. The highest BCUT2D eigenvalue weighted by atomic mass is 32.2. The molecule has 3 rings (SSSR count). The quantitative estimate of drug-likeness (QED) is 0.565. The van der Waals surface area contributed by atoms with Gasteiger partial charge in [-0.3, -0.25) is 10.1 Å². The second-order valence-corrected chi connectivity index (χ2v) is 8.77. The van der Waals surface area contributed by atoms with Crippen molar-refractivity contribution in [2.45, 2.75) is 24.8 Å². The highest BCUT2D eigenvalue weighted by Crippen LogP contribution is 2.32. The molecule has 1 unspecified atom stereocenters. The normalized spacial score (nSPS) is 16.4. The molecule has 2 aromatic rings. The fourth-order valence-electron chi connectivity index (χ4n) is 3.08. The van der Waals surface area contributed by atoms with Crippen LogP contribution in [0.15, 0.2) is 41.3 Å². The molecule has 1 atom stereocenters. The third-order valence-electron chi connectivity index (χ3n) is 4.84. The van der Waals surface area contributed by atoms with E-state index >= 15 is 0 Å². The third-order valence-corrected chi connectivity index (χ3v) is 6.74. The Morgan fingerprint density at radius 1 is 1.21 bits per heavy atom. The summed E-state index contributed by atoms with van der Waals surface area (Å²) in [4.78, 5) is 10.8. The monoisotopic (exact) mass is 423 g/mol. The summed E-state index contributed by atoms with van der Waals surface area (Å²) >= 11 is 0. The van der Waals surface area contributed by atoms with Crippen molar-refractivity contribution in [3.63, 3.8) is 0 Å². The highest BCUT2D eigenvalue weighted by molar-refractivity contribution is 7.89. The van der Waals surface area contributed by atoms with E-state index in [0.29, 0.717) is 11.1 Å². The number of rotatable bonds is 6. The smallest absolute Gasteiger partial charge is 0.293 e. The number of nitro benzene ring substituents is 1. The van der Waals surface area contributed by atoms with Crippen LogP contribution in [0, 0.1) is 22.9 Å². The van der Waals surface area contributed by atoms with Gasteiger partial charge < -0.3 is 10.1 Å². The van der Waals surface area contributed by atoms with Gasteiger partial charge in [-0.05, 0) is 43.2 Å². The molecule has 0 spiro atoms. The Labute approximate surface area is 168 Å². The fraction of sp³-hybridized carbons (Fsp3) is 0.368. The lowest BCUT2D eigenvalue weighted by Gasteiger charge is -2.26. The van der Waals surface area contributed by atoms with E-state index in [9.17, 15) is 22.9 Å². The number of morpholine rings is 1. The van der Waals surface area contributed by atoms with Crippen LogP contribution in [0.4, 0.5) is 15.8 Å². The van der Waals surface area contributed by atoms with Crippen LogP contribution < -0.4 is 5.32 Å². The highest BCUT2D eigenvalue weighted by Gasteiger charge is 2.29. The molecule has 1 N–H and O–H groups in total. The number of ether oxygens (including phenoxy) is 1. The van der Waals surface area contributed by atoms with Crippen LogP contribution in [0.25, 0.3) is 0 Å². The first kappa shape index (κ1) is 21.2. The Hall–Kier alpha value is -2.56. The van der Waals surface area contributed by atoms with Crippen LogP contribution in [0.3, 0.4) is 0 Å². The van der Waals surface area contributed by atoms with Crippen molar-refractivity contribution < 1.29 is 22.5 Å². The second-order valence-electron chi connectivity index (χ2n) is 6.83. The largest absolute Gasteiger partial charge is 0.379 e. The Balaban J connectivity index is 1.90. The molecule has 1 aliphatic rings. The predicted octanol–water partition coefficient (Wildman–Crippen LogP) is 3.24. The maximum Gasteiger partial charge on any atom is 0.293 e. The van der Waals surface area contributed by atoms with E-state index in [0.717, 1.165) is 6.07 Å². The minimum absolute atomic E-state index is 0.148. The first-order valence-corrected chi connectivity index (χ1v) is 10.5. The molecule has 0 bridgehead atoms. The summed E-state index contributed by atoms with van der Waals surface area (Å²) in [5, 5.41) is 14.5. The number of hydrogen-bond acceptors (Lipinski definition) is 6. The summed E-state index contributed by atoms with van der Waals surface area (Å²) in [6, 6.07) is 8.07. The molecule has 156 valence electrons. The summed E-state index contributed by atoms with van der Waals surface area (Å²) in [5.41, 5.74) is 0.917. The molecule has 1 heterocycles. The molecular formula is C19H22FN3O5S. The molecular weight excluding hydrogens is 401 g/mol. The van der Waals surface area contributed by atoms with E-state index in [2.05, 4.69) is 5.32 Å². The molecule has 2 aromatic carbocycles. The molecule has 1 aliphatic heterocycles. The number of anilines is 1. The molecule has 0 saturated carbocycles. The summed E-state index contributed by atoms with van der Waals surface area (Å²) in [6.45, 7) is 4.36. The molecule has 0 aromatic heterocycles. The van der Waals surface area contributed by atoms with Gasteiger partial charge in [0.15, 0.2) is 0 Å². The van der Waals surface area contributed by atoms with Crippen LogP contribution in [0.1, 0.15) is 24.1 Å². The average Bonchev–Trinajstić information content (AvgIpc) is 2.70. The lowest BCUT2D eigenvalue weighted by Crippen LogP contribution is -2.40. The van der Waals surface area contributed by atoms with E-state index in [1.165, 1.54) is 22.5 Å². The number of aryl methyl sites for hydroxylation is 1. The van der Waals surface area contributed by atoms with E-state index in [1.807, 2.05) is 0 Å². The Morgan fingerprint density at radius 2 is 1.90 bits per heavy atom. The summed E-state index contributed by atoms with van der Waals surface area (Å²) in [5.74, 6) is -0.363. The van der Waals surface area contributed by atoms with E-state index in [4.69, 9.17) is 4.74 Å². The van der Waals surface area contributed by atoms with Crippen LogP contribution in [0.5, 0.6) is 0 Å². The summed E-state index contributed by atoms with van der Waals surface area (Å²) in [6.07, 6.45) is 0. The van der Waals surface area contributed by atoms with Crippen LogP contribution in [-0.2, 0) is 14.8 Å². The van der Waals surface area contributed by atoms with Crippen LogP contribution in [-0.4, -0.2) is 43.9 Å². The molecule has 10 heteroatoms. The van der Waals surface area contributed by atoms with E-state index in [1.54, 1.807) is 26.0 Å². The van der Waals surface area contributed by atoms with Crippen molar-refractivity contribution in [1.82, 2.24) is 4.31 Å². The molecule has 1 fully saturated rings. The number of nitrogens with zero attached hydrogens (tertiary/aromatic N) is 2. The molecule has 0 aliphatic carbocycles. The van der Waals surface area contributed by atoms with Crippen molar-refractivity contribution in [3.8, 4) is 0 Å². The summed E-state index contributed by atoms with van der Waals surface area (Å²) < 4.78 is 45.8. The van der Waals surface area contributed by atoms with Crippen molar-refractivity contribution in [1.29, 1.82) is 0 Å². The second kappa shape index (κ2) is 8.44. The van der Waals surface area contributed by atoms with E-state index in [-0.39, 0.29) is 48.4 Å². The maximum absolute atomic E-state index is 13.8. The molecule has 0 amide bonds. The first-order valence-electron chi connectivity index (χ1n) is 9.09. The zero-order chi connectivity index (χ0) is 21.2. The van der Waals surface area contributed by atoms with Crippen LogP contribution in [0.2, 0.25) is 0 Å². The Kier molecular flexibility index (Phi) is 6.15. The van der Waals surface area contributed by atoms with Crippen molar-refractivity contribution in [2.24, 2.45) is 0 Å². The molecule has 1 saturated heterocycles. The van der Waals surface area contributed by atoms with Gasteiger partial charge in [-0.25, -0.2) is 12.8 Å². The lowest BCUT2D eigenvalue weighted by atomic mass is 10.1. The van der Waals surface area contributed by atoms with Gasteiger partial charge >= 0.3 is 0 Å². The van der Waals surface area contributed by atoms with Gasteiger partial charge in [-0.2, -0.15) is 4.31 Å². The van der Waals surface area contributed by atoms with Gasteiger partial charge in [-0.15, -0.1) is 0 Å². The molecule has 29 heavy (non-hydrogen) atoms. The topological polar surface area (TPSA) is 102 Å². The Morgan fingerprint density at radius 3 is 2.52 bits per heavy atom. The molecule has 0 radical (unpaired) electrons. The zero-order valence-corrected chi connectivity index (χ0v) is 16.9. The fourth-order valence-corrected chi connectivity index (χ4v) is 4.50. The van der Waals surface area contributed by atoms with Crippen LogP contribution >= 0.6 is 0 Å². The minimum atomic E-state index is -3.85. The van der Waals surface area contributed by atoms with Gasteiger partial charge in [0.25, 0.3) is 5.69 Å². The minimum Gasteiger partial charge on any atom is -0.379 e. The van der Waals surface area contributed by atoms with Gasteiger partial charge in [0.1, 0.15) is 11.5 Å². The van der Waals surface area contributed by atoms with Crippen molar-refractivity contribution in [2.75, 3.05) is 31.6 Å². The Bertz CT molecular complexity index is 1020.